The van der Waals surface area contributed by atoms with Crippen molar-refractivity contribution in [1.82, 2.24) is 0 Å². The summed E-state index contributed by atoms with van der Waals surface area (Å²) in [6, 6.07) is 6.86. The van der Waals surface area contributed by atoms with Crippen molar-refractivity contribution in [3.63, 3.8) is 0 Å². The van der Waals surface area contributed by atoms with Gasteiger partial charge in [0.1, 0.15) is 17.8 Å². The summed E-state index contributed by atoms with van der Waals surface area (Å²) in [6.45, 7) is 2.65. The van der Waals surface area contributed by atoms with Crippen molar-refractivity contribution in [3.05, 3.63) is 47.4 Å². The van der Waals surface area contributed by atoms with Crippen LogP contribution in [0, 0.1) is 0 Å². The fraction of sp³-hybridized carbons (Fsp3) is 0.267. The summed E-state index contributed by atoms with van der Waals surface area (Å²) in [5.74, 6) is 0.150. The first-order chi connectivity index (χ1) is 10.1. The zero-order valence-electron chi connectivity index (χ0n) is 11.6. The summed E-state index contributed by atoms with van der Waals surface area (Å²) < 4.78 is 10.6. The van der Waals surface area contributed by atoms with Crippen LogP contribution >= 0.6 is 0 Å². The molecule has 6 heteroatoms. The first-order valence-corrected chi connectivity index (χ1v) is 6.55. The number of nitrogens with one attached hydrogen (secondary N) is 1. The molecule has 0 saturated heterocycles. The molecule has 2 aromatic rings. The molecule has 0 aliphatic heterocycles. The average molecular weight is 291 g/mol. The van der Waals surface area contributed by atoms with Crippen molar-refractivity contribution in [2.24, 2.45) is 0 Å². The fourth-order valence-corrected chi connectivity index (χ4v) is 1.88. The molecule has 0 radical (unpaired) electrons. The monoisotopic (exact) mass is 291 g/mol. The molecule has 0 aliphatic rings. The third-order valence-corrected chi connectivity index (χ3v) is 2.90. The first kappa shape index (κ1) is 14.9. The van der Waals surface area contributed by atoms with Gasteiger partial charge in [0.15, 0.2) is 0 Å². The van der Waals surface area contributed by atoms with Crippen molar-refractivity contribution >= 4 is 11.7 Å². The van der Waals surface area contributed by atoms with E-state index in [0.717, 1.165) is 5.69 Å². The van der Waals surface area contributed by atoms with Gasteiger partial charge in [-0.1, -0.05) is 0 Å². The molecule has 0 spiro atoms. The van der Waals surface area contributed by atoms with Crippen LogP contribution in [0.25, 0.3) is 0 Å². The van der Waals surface area contributed by atoms with Gasteiger partial charge in [0.25, 0.3) is 0 Å². The minimum absolute atomic E-state index is 0.116. The smallest absolute Gasteiger partial charge is 0.338 e. The number of aromatic carboxylic acids is 1. The van der Waals surface area contributed by atoms with E-state index < -0.39 is 5.97 Å². The van der Waals surface area contributed by atoms with Crippen LogP contribution in [0.2, 0.25) is 0 Å². The molecule has 0 aliphatic carbocycles. The number of furan rings is 1. The molecule has 0 atom stereocenters. The topological polar surface area (TPSA) is 91.9 Å². The molecular formula is C15H17NO5. The Morgan fingerprint density at radius 2 is 2.19 bits per heavy atom. The summed E-state index contributed by atoms with van der Waals surface area (Å²) in [5.41, 5.74) is 1.60. The van der Waals surface area contributed by atoms with Gasteiger partial charge in [-0.25, -0.2) is 4.79 Å². The molecule has 1 aromatic carbocycles. The molecule has 21 heavy (non-hydrogen) atoms. The number of carbonyl (C=O) groups is 1. The molecule has 3 N–H and O–H groups in total. The lowest BCUT2D eigenvalue weighted by Crippen LogP contribution is -2.01. The summed E-state index contributed by atoms with van der Waals surface area (Å²) >= 11 is 0. The zero-order chi connectivity index (χ0) is 15.2. The number of hydrogen-bond donors (Lipinski definition) is 3. The van der Waals surface area contributed by atoms with Gasteiger partial charge in [0, 0.05) is 11.3 Å². The highest BCUT2D eigenvalue weighted by atomic mass is 16.5. The van der Waals surface area contributed by atoms with E-state index in [1.54, 1.807) is 12.1 Å². The van der Waals surface area contributed by atoms with Crippen LogP contribution in [0.4, 0.5) is 5.69 Å². The highest BCUT2D eigenvalue weighted by molar-refractivity contribution is 5.87. The Bertz CT molecular complexity index is 620. The number of ether oxygens (including phenoxy) is 1. The predicted octanol–water partition coefficient (Wildman–Crippen LogP) is 2.48. The largest absolute Gasteiger partial charge is 0.494 e. The van der Waals surface area contributed by atoms with E-state index >= 15 is 0 Å². The van der Waals surface area contributed by atoms with E-state index in [9.17, 15) is 9.90 Å². The van der Waals surface area contributed by atoms with E-state index in [4.69, 9.17) is 14.3 Å². The Kier molecular flexibility index (Phi) is 4.84. The second kappa shape index (κ2) is 6.81. The third-order valence-electron chi connectivity index (χ3n) is 2.90. The third kappa shape index (κ3) is 3.76. The fourth-order valence-electron chi connectivity index (χ4n) is 1.88. The highest BCUT2D eigenvalue weighted by Crippen LogP contribution is 2.23. The van der Waals surface area contributed by atoms with E-state index in [1.807, 2.05) is 13.0 Å². The van der Waals surface area contributed by atoms with Gasteiger partial charge < -0.3 is 24.7 Å². The van der Waals surface area contributed by atoms with Gasteiger partial charge in [-0.3, -0.25) is 0 Å². The van der Waals surface area contributed by atoms with Crippen LogP contribution in [0.15, 0.2) is 34.9 Å². The standard InChI is InChI=1S/C15H17NO5/c1-2-20-14-4-3-12(5-10(14)8-17)16-7-13-6-11(9-21-13)15(18)19/h3-6,9,16-17H,2,7-8H2,1H3,(H,18,19). The van der Waals surface area contributed by atoms with Crippen LogP contribution in [0.5, 0.6) is 5.75 Å². The molecule has 1 heterocycles. The lowest BCUT2D eigenvalue weighted by Gasteiger charge is -2.11. The lowest BCUT2D eigenvalue weighted by molar-refractivity contribution is 0.0696. The Labute approximate surface area is 122 Å². The first-order valence-electron chi connectivity index (χ1n) is 6.55. The molecule has 0 bridgehead atoms. The SMILES string of the molecule is CCOc1ccc(NCc2cc(C(=O)O)co2)cc1CO. The van der Waals surface area contributed by atoms with Gasteiger partial charge in [-0.05, 0) is 31.2 Å². The number of aliphatic hydroxyl groups excluding tert-OH is 1. The average Bonchev–Trinajstić information content (AvgIpc) is 2.95. The van der Waals surface area contributed by atoms with Gasteiger partial charge >= 0.3 is 5.97 Å². The lowest BCUT2D eigenvalue weighted by atomic mass is 10.2. The van der Waals surface area contributed by atoms with Gasteiger partial charge in [-0.2, -0.15) is 0 Å². The maximum absolute atomic E-state index is 10.7. The summed E-state index contributed by atoms with van der Waals surface area (Å²) in [7, 11) is 0. The van der Waals surface area contributed by atoms with E-state index in [-0.39, 0.29) is 12.2 Å². The van der Waals surface area contributed by atoms with Crippen molar-refractivity contribution in [2.75, 3.05) is 11.9 Å². The predicted molar refractivity (Wildman–Crippen MR) is 76.5 cm³/mol. The normalized spacial score (nSPS) is 10.4. The Morgan fingerprint density at radius 3 is 2.81 bits per heavy atom. The summed E-state index contributed by atoms with van der Waals surface area (Å²) in [6.07, 6.45) is 1.21. The Balaban J connectivity index is 2.03. The number of carboxylic acids is 1. The maximum Gasteiger partial charge on any atom is 0.338 e. The second-order valence-corrected chi connectivity index (χ2v) is 4.37. The van der Waals surface area contributed by atoms with Crippen LogP contribution in [0.1, 0.15) is 28.6 Å². The number of carboxylic acid groups (broad SMARTS) is 1. The molecule has 0 saturated carbocycles. The number of hydrogen-bond acceptors (Lipinski definition) is 5. The van der Waals surface area contributed by atoms with Crippen LogP contribution in [-0.2, 0) is 13.2 Å². The quantitative estimate of drug-likeness (QED) is 0.726. The minimum atomic E-state index is -1.02. The molecule has 6 nitrogen and oxygen atoms in total. The van der Waals surface area contributed by atoms with E-state index in [2.05, 4.69) is 5.32 Å². The van der Waals surface area contributed by atoms with Gasteiger partial charge in [0.05, 0.1) is 25.3 Å². The van der Waals surface area contributed by atoms with Crippen LogP contribution in [-0.4, -0.2) is 22.8 Å². The Hall–Kier alpha value is -2.47. The van der Waals surface area contributed by atoms with Gasteiger partial charge in [-0.15, -0.1) is 0 Å². The Morgan fingerprint density at radius 1 is 1.38 bits per heavy atom. The number of benzene rings is 1. The molecule has 0 amide bonds. The minimum Gasteiger partial charge on any atom is -0.494 e. The van der Waals surface area contributed by atoms with E-state index in [0.29, 0.717) is 30.2 Å². The summed E-state index contributed by atoms with van der Waals surface area (Å²) in [5, 5.41) is 21.2. The molecule has 0 unspecified atom stereocenters. The summed E-state index contributed by atoms with van der Waals surface area (Å²) in [4.78, 5) is 10.7. The van der Waals surface area contributed by atoms with Crippen molar-refractivity contribution in [3.8, 4) is 5.75 Å². The number of anilines is 1. The second-order valence-electron chi connectivity index (χ2n) is 4.37. The highest BCUT2D eigenvalue weighted by Gasteiger charge is 2.08. The van der Waals surface area contributed by atoms with E-state index in [1.165, 1.54) is 12.3 Å². The molecule has 112 valence electrons. The van der Waals surface area contributed by atoms with Crippen LogP contribution < -0.4 is 10.1 Å². The zero-order valence-corrected chi connectivity index (χ0v) is 11.6. The molecule has 2 rings (SSSR count). The molecule has 1 aromatic heterocycles. The van der Waals surface area contributed by atoms with Gasteiger partial charge in [0.2, 0.25) is 0 Å². The molecular weight excluding hydrogens is 274 g/mol. The maximum atomic E-state index is 10.7. The van der Waals surface area contributed by atoms with Crippen molar-refractivity contribution in [1.29, 1.82) is 0 Å². The van der Waals surface area contributed by atoms with Crippen LogP contribution in [0.3, 0.4) is 0 Å². The number of aliphatic hydroxyl groups is 1. The molecule has 0 fully saturated rings. The number of rotatable bonds is 7. The van der Waals surface area contributed by atoms with Crippen molar-refractivity contribution in [2.45, 2.75) is 20.1 Å². The van der Waals surface area contributed by atoms with Crippen molar-refractivity contribution < 1.29 is 24.2 Å².